The fourth-order valence-corrected chi connectivity index (χ4v) is 2.87. The number of ketones is 1. The summed E-state index contributed by atoms with van der Waals surface area (Å²) in [5, 5.41) is -0.0882. The molecule has 0 aliphatic carbocycles. The minimum absolute atomic E-state index is 0.0882. The molecule has 0 amide bonds. The van der Waals surface area contributed by atoms with E-state index in [4.69, 9.17) is 11.6 Å². The molecule has 2 aromatic rings. The van der Waals surface area contributed by atoms with Crippen LogP contribution in [0.2, 0.25) is 5.02 Å². The Balaban J connectivity index is 2.19. The van der Waals surface area contributed by atoms with Crippen molar-refractivity contribution in [3.05, 3.63) is 56.5 Å². The molecule has 0 N–H and O–H groups in total. The fourth-order valence-electron chi connectivity index (χ4n) is 1.68. The monoisotopic (exact) mass is 282 g/mol. The zero-order valence-corrected chi connectivity index (χ0v) is 11.4. The Morgan fingerprint density at radius 1 is 1.28 bits per heavy atom. The highest BCUT2D eigenvalue weighted by Crippen LogP contribution is 2.23. The maximum atomic E-state index is 13.3. The smallest absolute Gasteiger partial charge is 0.169 e. The SMILES string of the molecule is CCc1ccc(CC(=O)c2cccc(F)c2Cl)s1. The molecule has 0 aliphatic heterocycles. The van der Waals surface area contributed by atoms with E-state index in [0.717, 1.165) is 11.3 Å². The van der Waals surface area contributed by atoms with Gasteiger partial charge in [-0.3, -0.25) is 4.79 Å². The molecule has 0 unspecified atom stereocenters. The van der Waals surface area contributed by atoms with Crippen molar-refractivity contribution in [2.45, 2.75) is 19.8 Å². The quantitative estimate of drug-likeness (QED) is 0.753. The average molecular weight is 283 g/mol. The Labute approximate surface area is 114 Å². The molecule has 0 bridgehead atoms. The molecule has 0 radical (unpaired) electrons. The van der Waals surface area contributed by atoms with Crippen LogP contribution in [0.5, 0.6) is 0 Å². The van der Waals surface area contributed by atoms with E-state index in [2.05, 4.69) is 6.92 Å². The van der Waals surface area contributed by atoms with Gasteiger partial charge in [0.25, 0.3) is 0 Å². The first kappa shape index (κ1) is 13.2. The minimum Gasteiger partial charge on any atom is -0.294 e. The van der Waals surface area contributed by atoms with Crippen LogP contribution in [0.25, 0.3) is 0 Å². The van der Waals surface area contributed by atoms with Crippen molar-refractivity contribution in [2.75, 3.05) is 0 Å². The summed E-state index contributed by atoms with van der Waals surface area (Å²) in [5.41, 5.74) is 0.253. The van der Waals surface area contributed by atoms with E-state index in [0.29, 0.717) is 0 Å². The van der Waals surface area contributed by atoms with Crippen LogP contribution in [-0.4, -0.2) is 5.78 Å². The lowest BCUT2D eigenvalue weighted by Crippen LogP contribution is -2.04. The Bertz CT molecular complexity index is 577. The molecule has 94 valence electrons. The second-order valence-corrected chi connectivity index (χ2v) is 5.55. The molecular formula is C14H12ClFOS. The van der Waals surface area contributed by atoms with Gasteiger partial charge in [0.1, 0.15) is 5.82 Å². The Kier molecular flexibility index (Phi) is 4.15. The molecular weight excluding hydrogens is 271 g/mol. The summed E-state index contributed by atoms with van der Waals surface area (Å²) in [6, 6.07) is 8.26. The maximum Gasteiger partial charge on any atom is 0.169 e. The van der Waals surface area contributed by atoms with Gasteiger partial charge in [-0.2, -0.15) is 0 Å². The van der Waals surface area contributed by atoms with Gasteiger partial charge in [-0.15, -0.1) is 11.3 Å². The van der Waals surface area contributed by atoms with Crippen molar-refractivity contribution < 1.29 is 9.18 Å². The lowest BCUT2D eigenvalue weighted by molar-refractivity contribution is 0.0993. The number of hydrogen-bond donors (Lipinski definition) is 0. The van der Waals surface area contributed by atoms with Gasteiger partial charge in [0.05, 0.1) is 5.02 Å². The number of carbonyl (C=O) groups is 1. The Morgan fingerprint density at radius 2 is 2.00 bits per heavy atom. The van der Waals surface area contributed by atoms with Crippen LogP contribution >= 0.6 is 22.9 Å². The zero-order valence-electron chi connectivity index (χ0n) is 9.87. The van der Waals surface area contributed by atoms with Gasteiger partial charge in [-0.1, -0.05) is 24.6 Å². The van der Waals surface area contributed by atoms with E-state index in [1.54, 1.807) is 17.4 Å². The maximum absolute atomic E-state index is 13.3. The number of thiophene rings is 1. The first-order chi connectivity index (χ1) is 8.61. The largest absolute Gasteiger partial charge is 0.294 e. The molecule has 0 aliphatic rings. The number of halogens is 2. The standard InChI is InChI=1S/C14H12ClFOS/c1-2-9-6-7-10(18-9)8-13(17)11-4-3-5-12(16)14(11)15/h3-7H,2,8H2,1H3. The summed E-state index contributed by atoms with van der Waals surface area (Å²) >= 11 is 7.40. The first-order valence-corrected chi connectivity index (χ1v) is 6.86. The predicted octanol–water partition coefficient (Wildman–Crippen LogP) is 4.53. The summed E-state index contributed by atoms with van der Waals surface area (Å²) in [5.74, 6) is -0.702. The molecule has 1 aromatic heterocycles. The molecule has 18 heavy (non-hydrogen) atoms. The number of carbonyl (C=O) groups excluding carboxylic acids is 1. The van der Waals surface area contributed by atoms with Crippen molar-refractivity contribution in [3.63, 3.8) is 0 Å². The number of rotatable bonds is 4. The predicted molar refractivity (Wildman–Crippen MR) is 73.1 cm³/mol. The van der Waals surface area contributed by atoms with E-state index in [1.807, 2.05) is 12.1 Å². The molecule has 1 nitrogen and oxygen atoms in total. The molecule has 4 heteroatoms. The van der Waals surface area contributed by atoms with Crippen molar-refractivity contribution in [3.8, 4) is 0 Å². The van der Waals surface area contributed by atoms with Gasteiger partial charge in [0.2, 0.25) is 0 Å². The molecule has 1 aromatic carbocycles. The molecule has 0 fully saturated rings. The lowest BCUT2D eigenvalue weighted by Gasteiger charge is -2.03. The van der Waals surface area contributed by atoms with Crippen molar-refractivity contribution in [1.29, 1.82) is 0 Å². The van der Waals surface area contributed by atoms with Crippen LogP contribution in [-0.2, 0) is 12.8 Å². The topological polar surface area (TPSA) is 17.1 Å². The normalized spacial score (nSPS) is 10.6. The third-order valence-electron chi connectivity index (χ3n) is 2.65. The highest BCUT2D eigenvalue weighted by Gasteiger charge is 2.14. The van der Waals surface area contributed by atoms with E-state index < -0.39 is 5.82 Å². The summed E-state index contributed by atoms with van der Waals surface area (Å²) in [7, 11) is 0. The number of aryl methyl sites for hydroxylation is 1. The van der Waals surface area contributed by atoms with Crippen molar-refractivity contribution in [2.24, 2.45) is 0 Å². The second kappa shape index (κ2) is 5.63. The van der Waals surface area contributed by atoms with Gasteiger partial charge in [0.15, 0.2) is 5.78 Å². The number of benzene rings is 1. The van der Waals surface area contributed by atoms with E-state index in [1.165, 1.54) is 17.0 Å². The van der Waals surface area contributed by atoms with E-state index in [-0.39, 0.29) is 22.8 Å². The summed E-state index contributed by atoms with van der Waals surface area (Å²) in [6.45, 7) is 2.07. The van der Waals surface area contributed by atoms with Crippen LogP contribution in [0, 0.1) is 5.82 Å². The summed E-state index contributed by atoms with van der Waals surface area (Å²) in [4.78, 5) is 14.3. The van der Waals surface area contributed by atoms with Crippen molar-refractivity contribution in [1.82, 2.24) is 0 Å². The number of Topliss-reactive ketones (excluding diaryl/α,β-unsaturated/α-hetero) is 1. The van der Waals surface area contributed by atoms with Crippen LogP contribution in [0.15, 0.2) is 30.3 Å². The van der Waals surface area contributed by atoms with Gasteiger partial charge in [-0.25, -0.2) is 4.39 Å². The lowest BCUT2D eigenvalue weighted by atomic mass is 10.1. The van der Waals surface area contributed by atoms with Crippen molar-refractivity contribution >= 4 is 28.7 Å². The van der Waals surface area contributed by atoms with Gasteiger partial charge >= 0.3 is 0 Å². The molecule has 2 rings (SSSR count). The van der Waals surface area contributed by atoms with Gasteiger partial charge in [0, 0.05) is 21.7 Å². The third kappa shape index (κ3) is 2.79. The molecule has 0 atom stereocenters. The fraction of sp³-hybridized carbons (Fsp3) is 0.214. The van der Waals surface area contributed by atoms with Crippen LogP contribution in [0.4, 0.5) is 4.39 Å². The summed E-state index contributed by atoms with van der Waals surface area (Å²) in [6.07, 6.45) is 1.23. The van der Waals surface area contributed by atoms with Crippen LogP contribution in [0.1, 0.15) is 27.0 Å². The number of hydrogen-bond acceptors (Lipinski definition) is 2. The van der Waals surface area contributed by atoms with E-state index in [9.17, 15) is 9.18 Å². The highest BCUT2D eigenvalue weighted by atomic mass is 35.5. The van der Waals surface area contributed by atoms with Crippen LogP contribution in [0.3, 0.4) is 0 Å². The van der Waals surface area contributed by atoms with E-state index >= 15 is 0 Å². The molecule has 1 heterocycles. The average Bonchev–Trinajstić information content (AvgIpc) is 2.80. The van der Waals surface area contributed by atoms with Crippen LogP contribution < -0.4 is 0 Å². The highest BCUT2D eigenvalue weighted by molar-refractivity contribution is 7.12. The molecule has 0 saturated carbocycles. The van der Waals surface area contributed by atoms with Gasteiger partial charge < -0.3 is 0 Å². The Hall–Kier alpha value is -1.19. The van der Waals surface area contributed by atoms with Gasteiger partial charge in [-0.05, 0) is 30.7 Å². The zero-order chi connectivity index (χ0) is 13.1. The first-order valence-electron chi connectivity index (χ1n) is 5.66. The Morgan fingerprint density at radius 3 is 2.67 bits per heavy atom. The molecule has 0 spiro atoms. The third-order valence-corrected chi connectivity index (χ3v) is 4.27. The second-order valence-electron chi connectivity index (χ2n) is 3.92. The summed E-state index contributed by atoms with van der Waals surface area (Å²) < 4.78 is 13.3. The molecule has 0 saturated heterocycles. The minimum atomic E-state index is -0.553.